The third-order valence-corrected chi connectivity index (χ3v) is 2.53. The van der Waals surface area contributed by atoms with E-state index in [4.69, 9.17) is 0 Å². The summed E-state index contributed by atoms with van der Waals surface area (Å²) in [6.07, 6.45) is 5.31. The van der Waals surface area contributed by atoms with E-state index in [9.17, 15) is 4.79 Å². The van der Waals surface area contributed by atoms with Gasteiger partial charge >= 0.3 is 0 Å². The maximum absolute atomic E-state index is 10.2. The van der Waals surface area contributed by atoms with Crippen molar-refractivity contribution in [3.63, 3.8) is 0 Å². The second-order valence-electron chi connectivity index (χ2n) is 3.41. The summed E-state index contributed by atoms with van der Waals surface area (Å²) in [4.78, 5) is 10.2. The number of allylic oxidation sites excluding steroid dienone is 1. The van der Waals surface area contributed by atoms with Crippen LogP contribution in [0.5, 0.6) is 0 Å². The SMILES string of the molecule is O=CC=Cc1cccc2c1CCNC2. The van der Waals surface area contributed by atoms with Crippen LogP contribution in [0.25, 0.3) is 6.08 Å². The van der Waals surface area contributed by atoms with Gasteiger partial charge in [-0.1, -0.05) is 24.3 Å². The molecule has 0 aliphatic carbocycles. The summed E-state index contributed by atoms with van der Waals surface area (Å²) in [5, 5.41) is 3.33. The van der Waals surface area contributed by atoms with Gasteiger partial charge in [-0.05, 0) is 35.7 Å². The number of carbonyl (C=O) groups is 1. The molecule has 0 amide bonds. The molecule has 0 radical (unpaired) electrons. The van der Waals surface area contributed by atoms with Crippen molar-refractivity contribution in [3.05, 3.63) is 41.0 Å². The molecule has 0 unspecified atom stereocenters. The molecule has 0 saturated heterocycles. The highest BCUT2D eigenvalue weighted by molar-refractivity contribution is 5.74. The Bertz CT molecular complexity index is 369. The Balaban J connectivity index is 2.39. The molecular weight excluding hydrogens is 174 g/mol. The van der Waals surface area contributed by atoms with E-state index in [0.717, 1.165) is 25.8 Å². The van der Waals surface area contributed by atoms with E-state index in [1.54, 1.807) is 6.08 Å². The highest BCUT2D eigenvalue weighted by Gasteiger charge is 2.09. The molecule has 2 nitrogen and oxygen atoms in total. The molecular formula is C12H13NO. The van der Waals surface area contributed by atoms with Crippen molar-refractivity contribution >= 4 is 12.4 Å². The third-order valence-electron chi connectivity index (χ3n) is 2.53. The predicted molar refractivity (Wildman–Crippen MR) is 57.0 cm³/mol. The van der Waals surface area contributed by atoms with E-state index < -0.39 is 0 Å². The maximum atomic E-state index is 10.2. The van der Waals surface area contributed by atoms with E-state index in [0.29, 0.717) is 0 Å². The Kier molecular flexibility index (Phi) is 2.75. The number of hydrogen-bond donors (Lipinski definition) is 1. The van der Waals surface area contributed by atoms with Crippen LogP contribution < -0.4 is 5.32 Å². The lowest BCUT2D eigenvalue weighted by Gasteiger charge is -2.18. The minimum absolute atomic E-state index is 0.820. The number of aldehydes is 1. The quantitative estimate of drug-likeness (QED) is 0.562. The van der Waals surface area contributed by atoms with Gasteiger partial charge in [0.05, 0.1) is 0 Å². The van der Waals surface area contributed by atoms with Gasteiger partial charge in [-0.2, -0.15) is 0 Å². The van der Waals surface area contributed by atoms with E-state index in [-0.39, 0.29) is 0 Å². The fourth-order valence-electron chi connectivity index (χ4n) is 1.86. The monoisotopic (exact) mass is 187 g/mol. The first kappa shape index (κ1) is 9.16. The minimum Gasteiger partial charge on any atom is -0.312 e. The zero-order chi connectivity index (χ0) is 9.80. The van der Waals surface area contributed by atoms with Crippen molar-refractivity contribution in [2.24, 2.45) is 0 Å². The van der Waals surface area contributed by atoms with Gasteiger partial charge in [0.2, 0.25) is 0 Å². The molecule has 0 bridgehead atoms. The molecule has 1 aromatic carbocycles. The van der Waals surface area contributed by atoms with E-state index in [2.05, 4.69) is 17.4 Å². The van der Waals surface area contributed by atoms with Crippen LogP contribution in [0.4, 0.5) is 0 Å². The van der Waals surface area contributed by atoms with Gasteiger partial charge in [-0.25, -0.2) is 0 Å². The average Bonchev–Trinajstić information content (AvgIpc) is 2.26. The summed E-state index contributed by atoms with van der Waals surface area (Å²) >= 11 is 0. The number of hydrogen-bond acceptors (Lipinski definition) is 2. The fraction of sp³-hybridized carbons (Fsp3) is 0.250. The summed E-state index contributed by atoms with van der Waals surface area (Å²) < 4.78 is 0. The second-order valence-corrected chi connectivity index (χ2v) is 3.41. The molecule has 1 aliphatic rings. The largest absolute Gasteiger partial charge is 0.312 e. The molecule has 1 aromatic rings. The smallest absolute Gasteiger partial charge is 0.142 e. The van der Waals surface area contributed by atoms with Gasteiger partial charge in [0.1, 0.15) is 6.29 Å². The molecule has 0 atom stereocenters. The van der Waals surface area contributed by atoms with Crippen LogP contribution in [0.2, 0.25) is 0 Å². The number of nitrogens with one attached hydrogen (secondary N) is 1. The van der Waals surface area contributed by atoms with Crippen molar-refractivity contribution in [2.45, 2.75) is 13.0 Å². The topological polar surface area (TPSA) is 29.1 Å². The van der Waals surface area contributed by atoms with Gasteiger partial charge in [0, 0.05) is 6.54 Å². The highest BCUT2D eigenvalue weighted by atomic mass is 16.1. The van der Waals surface area contributed by atoms with Crippen LogP contribution >= 0.6 is 0 Å². The Morgan fingerprint density at radius 2 is 2.29 bits per heavy atom. The lowest BCUT2D eigenvalue weighted by Crippen LogP contribution is -2.24. The Labute approximate surface area is 83.6 Å². The van der Waals surface area contributed by atoms with Gasteiger partial charge < -0.3 is 5.32 Å². The molecule has 2 heteroatoms. The normalized spacial score (nSPS) is 15.4. The Hall–Kier alpha value is -1.41. The fourth-order valence-corrected chi connectivity index (χ4v) is 1.86. The molecule has 0 spiro atoms. The van der Waals surface area contributed by atoms with Crippen molar-refractivity contribution < 1.29 is 4.79 Å². The predicted octanol–water partition coefficient (Wildman–Crippen LogP) is 1.54. The third kappa shape index (κ3) is 1.75. The lowest BCUT2D eigenvalue weighted by atomic mass is 9.95. The highest BCUT2D eigenvalue weighted by Crippen LogP contribution is 2.19. The molecule has 14 heavy (non-hydrogen) atoms. The maximum Gasteiger partial charge on any atom is 0.142 e. The molecule has 0 saturated carbocycles. The standard InChI is InChI=1S/C12H13NO/c14-8-2-5-10-3-1-4-11-9-13-7-6-12(10)11/h1-5,8,13H,6-7,9H2. The Morgan fingerprint density at radius 1 is 1.36 bits per heavy atom. The van der Waals surface area contributed by atoms with Crippen molar-refractivity contribution in [2.75, 3.05) is 6.54 Å². The lowest BCUT2D eigenvalue weighted by molar-refractivity contribution is -0.104. The van der Waals surface area contributed by atoms with Gasteiger partial charge in [-0.15, -0.1) is 0 Å². The van der Waals surface area contributed by atoms with E-state index in [1.165, 1.54) is 16.7 Å². The average molecular weight is 187 g/mol. The van der Waals surface area contributed by atoms with Gasteiger partial charge in [0.25, 0.3) is 0 Å². The van der Waals surface area contributed by atoms with Crippen LogP contribution in [-0.4, -0.2) is 12.8 Å². The minimum atomic E-state index is 0.820. The molecule has 1 heterocycles. The first-order valence-electron chi connectivity index (χ1n) is 4.85. The van der Waals surface area contributed by atoms with Crippen molar-refractivity contribution in [1.82, 2.24) is 5.32 Å². The van der Waals surface area contributed by atoms with E-state index in [1.807, 2.05) is 12.1 Å². The second kappa shape index (κ2) is 4.20. The number of benzene rings is 1. The number of fused-ring (bicyclic) bond motifs is 1. The van der Waals surface area contributed by atoms with Crippen LogP contribution in [0.1, 0.15) is 16.7 Å². The summed E-state index contributed by atoms with van der Waals surface area (Å²) in [6, 6.07) is 6.24. The first-order chi connectivity index (χ1) is 6.92. The van der Waals surface area contributed by atoms with E-state index >= 15 is 0 Å². The molecule has 72 valence electrons. The van der Waals surface area contributed by atoms with Crippen LogP contribution in [0, 0.1) is 0 Å². The zero-order valence-corrected chi connectivity index (χ0v) is 7.99. The summed E-state index contributed by atoms with van der Waals surface area (Å²) in [6.45, 7) is 1.97. The number of rotatable bonds is 2. The van der Waals surface area contributed by atoms with Crippen LogP contribution in [-0.2, 0) is 17.8 Å². The van der Waals surface area contributed by atoms with Crippen LogP contribution in [0.3, 0.4) is 0 Å². The molecule has 1 N–H and O–H groups in total. The Morgan fingerprint density at radius 3 is 3.14 bits per heavy atom. The van der Waals surface area contributed by atoms with Crippen LogP contribution in [0.15, 0.2) is 24.3 Å². The summed E-state index contributed by atoms with van der Waals surface area (Å²) in [5.74, 6) is 0. The molecule has 0 fully saturated rings. The van der Waals surface area contributed by atoms with Crippen molar-refractivity contribution in [1.29, 1.82) is 0 Å². The molecule has 2 rings (SSSR count). The zero-order valence-electron chi connectivity index (χ0n) is 7.99. The molecule has 0 aromatic heterocycles. The van der Waals surface area contributed by atoms with Gasteiger partial charge in [0.15, 0.2) is 0 Å². The molecule has 1 aliphatic heterocycles. The summed E-state index contributed by atoms with van der Waals surface area (Å²) in [7, 11) is 0. The number of carbonyl (C=O) groups excluding carboxylic acids is 1. The van der Waals surface area contributed by atoms with Crippen molar-refractivity contribution in [3.8, 4) is 0 Å². The first-order valence-corrected chi connectivity index (χ1v) is 4.85. The van der Waals surface area contributed by atoms with Gasteiger partial charge in [-0.3, -0.25) is 4.79 Å². The summed E-state index contributed by atoms with van der Waals surface area (Å²) in [5.41, 5.74) is 3.91.